The summed E-state index contributed by atoms with van der Waals surface area (Å²) >= 11 is 9.35. The van der Waals surface area contributed by atoms with Gasteiger partial charge in [-0.05, 0) is 62.4 Å². The van der Waals surface area contributed by atoms with Crippen molar-refractivity contribution in [3.63, 3.8) is 0 Å². The molecule has 4 rings (SSSR count). The molecule has 2 aliphatic heterocycles. The Hall–Kier alpha value is -1.89. The number of nitrogens with zero attached hydrogens (tertiary/aromatic N) is 3. The highest BCUT2D eigenvalue weighted by atomic mass is 35.5. The molecule has 7 heteroatoms. The van der Waals surface area contributed by atoms with Gasteiger partial charge >= 0.3 is 0 Å². The second kappa shape index (κ2) is 9.08. The smallest absolute Gasteiger partial charge is 0.269 e. The summed E-state index contributed by atoms with van der Waals surface area (Å²) in [6.45, 7) is 7.74. The Bertz CT molecular complexity index is 1030. The van der Waals surface area contributed by atoms with Gasteiger partial charge in [-0.15, -0.1) is 0 Å². The predicted octanol–water partition coefficient (Wildman–Crippen LogP) is 6.81. The molecule has 2 aliphatic rings. The summed E-state index contributed by atoms with van der Waals surface area (Å²) in [6, 6.07) is 14.0. The van der Waals surface area contributed by atoms with Crippen LogP contribution in [0.4, 0.5) is 11.4 Å². The molecule has 1 saturated heterocycles. The van der Waals surface area contributed by atoms with E-state index in [9.17, 15) is 4.79 Å². The Balaban J connectivity index is 1.74. The van der Waals surface area contributed by atoms with Gasteiger partial charge in [0.1, 0.15) is 9.93 Å². The summed E-state index contributed by atoms with van der Waals surface area (Å²) in [5.41, 5.74) is 3.12. The summed E-state index contributed by atoms with van der Waals surface area (Å²) in [6.07, 6.45) is 1.97. The molecule has 0 spiro atoms. The number of thioether (sulfide) groups is 2. The first-order valence-corrected chi connectivity index (χ1v) is 12.2. The molecule has 30 heavy (non-hydrogen) atoms. The monoisotopic (exact) mass is 457 g/mol. The first-order valence-electron chi connectivity index (χ1n) is 10.2. The van der Waals surface area contributed by atoms with E-state index in [0.29, 0.717) is 11.6 Å². The first-order chi connectivity index (χ1) is 14.5. The Morgan fingerprint density at radius 3 is 2.50 bits per heavy atom. The molecule has 2 heterocycles. The average Bonchev–Trinajstić information content (AvgIpc) is 3.24. The van der Waals surface area contributed by atoms with Crippen LogP contribution in [0.5, 0.6) is 0 Å². The molecule has 4 nitrogen and oxygen atoms in total. The largest absolute Gasteiger partial charge is 0.334 e. The van der Waals surface area contributed by atoms with Crippen LogP contribution in [0.15, 0.2) is 62.3 Å². The van der Waals surface area contributed by atoms with Crippen molar-refractivity contribution >= 4 is 57.6 Å². The lowest BCUT2D eigenvalue weighted by molar-refractivity contribution is -0.122. The number of aryl methyl sites for hydroxylation is 1. The minimum atomic E-state index is 0.0409. The van der Waals surface area contributed by atoms with Gasteiger partial charge < -0.3 is 4.90 Å². The standard InChI is InChI=1S/C23H24ClN3OS2/c1-4-6-13-27-21(28)20(30-23(27)25-17-10-7-15(3)8-11-17)22-26(5-2)18-14-16(24)9-12-19(18)29-22/h7-12,14H,4-6,13H2,1-3H3/b22-20-,25-23?. The van der Waals surface area contributed by atoms with E-state index < -0.39 is 0 Å². The van der Waals surface area contributed by atoms with Crippen molar-refractivity contribution in [3.05, 3.63) is 63.0 Å². The maximum Gasteiger partial charge on any atom is 0.269 e. The van der Waals surface area contributed by atoms with E-state index in [1.165, 1.54) is 17.3 Å². The number of carbonyl (C=O) groups is 1. The van der Waals surface area contributed by atoms with Gasteiger partial charge in [0.2, 0.25) is 0 Å². The minimum absolute atomic E-state index is 0.0409. The fourth-order valence-electron chi connectivity index (χ4n) is 3.40. The van der Waals surface area contributed by atoms with Crippen LogP contribution in [0.3, 0.4) is 0 Å². The van der Waals surface area contributed by atoms with Crippen LogP contribution >= 0.6 is 35.1 Å². The first kappa shape index (κ1) is 21.3. The Kier molecular flexibility index (Phi) is 6.46. The van der Waals surface area contributed by atoms with E-state index in [1.54, 1.807) is 11.8 Å². The molecule has 0 radical (unpaired) electrons. The Morgan fingerprint density at radius 1 is 1.03 bits per heavy atom. The van der Waals surface area contributed by atoms with Crippen molar-refractivity contribution in [2.75, 3.05) is 18.0 Å². The highest BCUT2D eigenvalue weighted by molar-refractivity contribution is 8.19. The summed E-state index contributed by atoms with van der Waals surface area (Å²) in [5, 5.41) is 2.43. The van der Waals surface area contributed by atoms with Gasteiger partial charge in [0.05, 0.1) is 11.4 Å². The zero-order chi connectivity index (χ0) is 21.3. The normalized spacial score (nSPS) is 19.9. The van der Waals surface area contributed by atoms with Gasteiger partial charge in [0, 0.05) is 23.0 Å². The van der Waals surface area contributed by atoms with Crippen LogP contribution in [-0.2, 0) is 4.79 Å². The number of carbonyl (C=O) groups excluding carboxylic acids is 1. The van der Waals surface area contributed by atoms with Crippen molar-refractivity contribution in [1.29, 1.82) is 0 Å². The molecule has 0 saturated carbocycles. The number of hydrogen-bond acceptors (Lipinski definition) is 5. The number of benzene rings is 2. The molecule has 0 atom stereocenters. The maximum atomic E-state index is 13.4. The molecule has 1 fully saturated rings. The van der Waals surface area contributed by atoms with Crippen molar-refractivity contribution < 1.29 is 4.79 Å². The van der Waals surface area contributed by atoms with Crippen LogP contribution < -0.4 is 4.90 Å². The SMILES string of the molecule is CCCCN1C(=O)/C(=C2/Sc3ccc(Cl)cc3N2CC)SC1=Nc1ccc(C)cc1. The van der Waals surface area contributed by atoms with Crippen molar-refractivity contribution in [2.45, 2.75) is 38.5 Å². The van der Waals surface area contributed by atoms with Crippen LogP contribution in [-0.4, -0.2) is 29.1 Å². The Labute approximate surface area is 191 Å². The number of aliphatic imine (C=N–C) groups is 1. The van der Waals surface area contributed by atoms with E-state index in [-0.39, 0.29) is 5.91 Å². The fraction of sp³-hybridized carbons (Fsp3) is 0.304. The lowest BCUT2D eigenvalue weighted by Crippen LogP contribution is -2.30. The number of amides is 1. The number of fused-ring (bicyclic) bond motifs is 1. The van der Waals surface area contributed by atoms with Gasteiger partial charge in [-0.3, -0.25) is 9.69 Å². The third-order valence-corrected chi connectivity index (χ3v) is 7.65. The third-order valence-electron chi connectivity index (χ3n) is 5.03. The van der Waals surface area contributed by atoms with E-state index in [0.717, 1.165) is 50.8 Å². The fourth-order valence-corrected chi connectivity index (χ4v) is 5.97. The molecule has 0 bridgehead atoms. The Morgan fingerprint density at radius 2 is 1.80 bits per heavy atom. The minimum Gasteiger partial charge on any atom is -0.334 e. The number of halogens is 1. The summed E-state index contributed by atoms with van der Waals surface area (Å²) in [7, 11) is 0. The van der Waals surface area contributed by atoms with Gasteiger partial charge in [-0.1, -0.05) is 54.4 Å². The molecule has 1 amide bonds. The van der Waals surface area contributed by atoms with Gasteiger partial charge in [-0.2, -0.15) is 0 Å². The molecule has 0 N–H and O–H groups in total. The highest BCUT2D eigenvalue weighted by Gasteiger charge is 2.39. The topological polar surface area (TPSA) is 35.9 Å². The second-order valence-electron chi connectivity index (χ2n) is 7.23. The van der Waals surface area contributed by atoms with Crippen molar-refractivity contribution in [3.8, 4) is 0 Å². The van der Waals surface area contributed by atoms with E-state index in [2.05, 4.69) is 25.7 Å². The molecule has 2 aromatic carbocycles. The molecule has 2 aromatic rings. The van der Waals surface area contributed by atoms with Crippen molar-refractivity contribution in [1.82, 2.24) is 4.90 Å². The number of hydrogen-bond donors (Lipinski definition) is 0. The van der Waals surface area contributed by atoms with E-state index in [1.807, 2.05) is 47.4 Å². The molecular weight excluding hydrogens is 434 g/mol. The van der Waals surface area contributed by atoms with Crippen LogP contribution in [0.1, 0.15) is 32.3 Å². The number of anilines is 1. The molecular formula is C23H24ClN3OS2. The zero-order valence-corrected chi connectivity index (χ0v) is 19.7. The molecule has 0 unspecified atom stereocenters. The molecule has 0 aromatic heterocycles. The summed E-state index contributed by atoms with van der Waals surface area (Å²) in [4.78, 5) is 24.1. The quantitative estimate of drug-likeness (QED) is 0.462. The van der Waals surface area contributed by atoms with Gasteiger partial charge in [0.15, 0.2) is 5.17 Å². The van der Waals surface area contributed by atoms with Gasteiger partial charge in [0.25, 0.3) is 5.91 Å². The average molecular weight is 458 g/mol. The lowest BCUT2D eigenvalue weighted by atomic mass is 10.2. The highest BCUT2D eigenvalue weighted by Crippen LogP contribution is 2.51. The zero-order valence-electron chi connectivity index (χ0n) is 17.3. The second-order valence-corrected chi connectivity index (χ2v) is 9.68. The maximum absolute atomic E-state index is 13.4. The predicted molar refractivity (Wildman–Crippen MR) is 130 cm³/mol. The third kappa shape index (κ3) is 4.13. The summed E-state index contributed by atoms with van der Waals surface area (Å²) < 4.78 is 0. The number of unbranched alkanes of at least 4 members (excludes halogenated alkanes) is 1. The van der Waals surface area contributed by atoms with E-state index in [4.69, 9.17) is 16.6 Å². The van der Waals surface area contributed by atoms with Crippen LogP contribution in [0.2, 0.25) is 5.02 Å². The number of amidine groups is 1. The molecule has 156 valence electrons. The van der Waals surface area contributed by atoms with Crippen LogP contribution in [0.25, 0.3) is 0 Å². The number of rotatable bonds is 5. The van der Waals surface area contributed by atoms with Gasteiger partial charge in [-0.25, -0.2) is 4.99 Å². The van der Waals surface area contributed by atoms with E-state index >= 15 is 0 Å². The molecule has 0 aliphatic carbocycles. The lowest BCUT2D eigenvalue weighted by Gasteiger charge is -2.19. The summed E-state index contributed by atoms with van der Waals surface area (Å²) in [5.74, 6) is 0.0409. The van der Waals surface area contributed by atoms with Crippen LogP contribution in [0, 0.1) is 6.92 Å². The van der Waals surface area contributed by atoms with Crippen molar-refractivity contribution in [2.24, 2.45) is 4.99 Å².